The maximum atomic E-state index is 13.5. The van der Waals surface area contributed by atoms with Crippen LogP contribution >= 0.6 is 11.3 Å². The molecular formula is C28H33FN6O8S2. The molecule has 0 aliphatic heterocycles. The highest BCUT2D eigenvalue weighted by atomic mass is 32.2. The van der Waals surface area contributed by atoms with Gasteiger partial charge in [-0.15, -0.1) is 16.4 Å². The van der Waals surface area contributed by atoms with E-state index in [1.165, 1.54) is 11.8 Å². The number of hydrogen-bond donors (Lipinski definition) is 3. The van der Waals surface area contributed by atoms with Crippen LogP contribution in [0.25, 0.3) is 10.2 Å². The second-order valence-electron chi connectivity index (χ2n) is 10.4. The van der Waals surface area contributed by atoms with E-state index in [0.29, 0.717) is 33.0 Å². The van der Waals surface area contributed by atoms with Gasteiger partial charge in [0, 0.05) is 6.42 Å². The molecule has 1 amide bonds. The zero-order valence-corrected chi connectivity index (χ0v) is 26.3. The molecule has 0 fully saturated rings. The van der Waals surface area contributed by atoms with Gasteiger partial charge in [-0.3, -0.25) is 4.79 Å². The van der Waals surface area contributed by atoms with Crippen LogP contribution in [0, 0.1) is 5.92 Å². The third-order valence-corrected chi connectivity index (χ3v) is 8.84. The number of nitrogens with one attached hydrogen (secondary N) is 1. The van der Waals surface area contributed by atoms with Crippen LogP contribution in [-0.2, 0) is 37.4 Å². The number of aromatic nitrogens is 4. The first-order valence-electron chi connectivity index (χ1n) is 13.7. The molecule has 17 heteroatoms. The fourth-order valence-corrected chi connectivity index (χ4v) is 5.97. The standard InChI is InChI=1S/C28H33FN6O8S2/c1-16(2)25(26(37)31-23(27(38)41-3)10-17-4-6-20(7-5-17)43-15-19(36)12-29)35-13-18(33-34-35)14-42-21-8-9-22-24(11-21)44-28(32-22)45(30,39)40/h4-9,11,13,16,19,23,25,36H,10,12,14-15H2,1-3H3,(H,31,37)(H2,30,39,40)/t19?,23?,25-/m0/s1. The number of esters is 1. The Morgan fingerprint density at radius 3 is 2.49 bits per heavy atom. The number of alkyl halides is 1. The number of ether oxygens (including phenoxy) is 3. The van der Waals surface area contributed by atoms with Gasteiger partial charge in [0.25, 0.3) is 10.0 Å². The first-order valence-corrected chi connectivity index (χ1v) is 16.0. The van der Waals surface area contributed by atoms with Gasteiger partial charge < -0.3 is 24.6 Å². The zero-order chi connectivity index (χ0) is 32.7. The van der Waals surface area contributed by atoms with Gasteiger partial charge in [-0.2, -0.15) is 0 Å². The summed E-state index contributed by atoms with van der Waals surface area (Å²) in [6, 6.07) is 9.67. The van der Waals surface area contributed by atoms with Gasteiger partial charge in [-0.25, -0.2) is 32.4 Å². The SMILES string of the molecule is COC(=O)C(Cc1ccc(OCC(O)CF)cc1)NC(=O)[C@H](C(C)C)n1cc(COc2ccc3nc(S(N)(=O)=O)sc3c2)nn1. The van der Waals surface area contributed by atoms with Gasteiger partial charge >= 0.3 is 5.97 Å². The van der Waals surface area contributed by atoms with Crippen LogP contribution in [0.2, 0.25) is 0 Å². The molecule has 0 aliphatic rings. The number of nitrogens with two attached hydrogens (primary N) is 1. The molecule has 0 bridgehead atoms. The maximum Gasteiger partial charge on any atom is 0.328 e. The van der Waals surface area contributed by atoms with Crippen molar-refractivity contribution in [1.29, 1.82) is 0 Å². The molecule has 4 rings (SSSR count). The Labute approximate surface area is 262 Å². The number of aliphatic hydroxyl groups is 1. The first-order chi connectivity index (χ1) is 21.4. The number of primary sulfonamides is 1. The number of methoxy groups -OCH3 is 1. The molecule has 4 N–H and O–H groups in total. The molecular weight excluding hydrogens is 631 g/mol. The van der Waals surface area contributed by atoms with Crippen LogP contribution < -0.4 is 19.9 Å². The lowest BCUT2D eigenvalue weighted by Gasteiger charge is -2.23. The van der Waals surface area contributed by atoms with E-state index in [0.717, 1.165) is 11.3 Å². The van der Waals surface area contributed by atoms with Crippen molar-refractivity contribution in [3.05, 3.63) is 59.9 Å². The molecule has 45 heavy (non-hydrogen) atoms. The molecule has 0 spiro atoms. The molecule has 0 aliphatic carbocycles. The number of carbonyl (C=O) groups excluding carboxylic acids is 2. The molecule has 0 saturated heterocycles. The molecule has 2 aromatic carbocycles. The van der Waals surface area contributed by atoms with Crippen molar-refractivity contribution in [2.45, 2.75) is 49.4 Å². The molecule has 3 atom stereocenters. The summed E-state index contributed by atoms with van der Waals surface area (Å²) in [7, 11) is -2.70. The molecule has 242 valence electrons. The minimum Gasteiger partial charge on any atom is -0.491 e. The topological polar surface area (TPSA) is 198 Å². The molecule has 2 unspecified atom stereocenters. The Kier molecular flexibility index (Phi) is 11.0. The fraction of sp³-hybridized carbons (Fsp3) is 0.393. The Morgan fingerprint density at radius 2 is 1.84 bits per heavy atom. The lowest BCUT2D eigenvalue weighted by Crippen LogP contribution is -2.47. The highest BCUT2D eigenvalue weighted by molar-refractivity contribution is 7.91. The summed E-state index contributed by atoms with van der Waals surface area (Å²) in [5, 5.41) is 25.5. The Morgan fingerprint density at radius 1 is 1.13 bits per heavy atom. The number of thiazole rings is 1. The lowest BCUT2D eigenvalue weighted by molar-refractivity contribution is -0.145. The monoisotopic (exact) mass is 664 g/mol. The molecule has 0 radical (unpaired) electrons. The molecule has 14 nitrogen and oxygen atoms in total. The highest BCUT2D eigenvalue weighted by Gasteiger charge is 2.30. The van der Waals surface area contributed by atoms with E-state index in [4.69, 9.17) is 19.3 Å². The van der Waals surface area contributed by atoms with Gasteiger partial charge in [0.1, 0.15) is 55.3 Å². The summed E-state index contributed by atoms with van der Waals surface area (Å²) < 4.78 is 53.5. The van der Waals surface area contributed by atoms with E-state index in [1.807, 2.05) is 13.8 Å². The zero-order valence-electron chi connectivity index (χ0n) is 24.6. The minimum atomic E-state index is -3.92. The van der Waals surface area contributed by atoms with Crippen LogP contribution in [0.5, 0.6) is 11.5 Å². The maximum absolute atomic E-state index is 13.5. The number of nitrogens with zero attached hydrogens (tertiary/aromatic N) is 4. The van der Waals surface area contributed by atoms with Gasteiger partial charge in [0.15, 0.2) is 0 Å². The number of benzene rings is 2. The number of sulfonamides is 1. The normalized spacial score (nSPS) is 13.8. The number of rotatable bonds is 15. The van der Waals surface area contributed by atoms with Crippen molar-refractivity contribution < 1.29 is 41.7 Å². The first kappa shape index (κ1) is 33.7. The average Bonchev–Trinajstić information content (AvgIpc) is 3.65. The third kappa shape index (κ3) is 8.93. The van der Waals surface area contributed by atoms with Crippen molar-refractivity contribution in [2.75, 3.05) is 20.4 Å². The van der Waals surface area contributed by atoms with Crippen LogP contribution in [0.3, 0.4) is 0 Å². The molecule has 2 heterocycles. The lowest BCUT2D eigenvalue weighted by atomic mass is 10.0. The average molecular weight is 665 g/mol. The number of halogens is 1. The van der Waals surface area contributed by atoms with E-state index in [2.05, 4.69) is 20.6 Å². The van der Waals surface area contributed by atoms with Crippen molar-refractivity contribution in [3.8, 4) is 11.5 Å². The van der Waals surface area contributed by atoms with E-state index < -0.39 is 46.8 Å². The van der Waals surface area contributed by atoms with Gasteiger partial charge in [0.05, 0.1) is 23.5 Å². The largest absolute Gasteiger partial charge is 0.491 e. The summed E-state index contributed by atoms with van der Waals surface area (Å²) in [6.45, 7) is 2.55. The molecule has 2 aromatic heterocycles. The smallest absolute Gasteiger partial charge is 0.328 e. The molecule has 0 saturated carbocycles. The molecule has 4 aromatic rings. The van der Waals surface area contributed by atoms with Crippen molar-refractivity contribution >= 4 is 43.5 Å². The predicted molar refractivity (Wildman–Crippen MR) is 161 cm³/mol. The number of carbonyl (C=O) groups is 2. The fourth-order valence-electron chi connectivity index (χ4n) is 4.28. The van der Waals surface area contributed by atoms with E-state index in [-0.39, 0.29) is 29.9 Å². The van der Waals surface area contributed by atoms with E-state index >= 15 is 0 Å². The number of aliphatic hydroxyl groups excluding tert-OH is 1. The quantitative estimate of drug-likeness (QED) is 0.157. The Bertz CT molecular complexity index is 1730. The van der Waals surface area contributed by atoms with E-state index in [1.54, 1.807) is 48.7 Å². The van der Waals surface area contributed by atoms with Crippen molar-refractivity contribution in [2.24, 2.45) is 11.1 Å². The van der Waals surface area contributed by atoms with Crippen molar-refractivity contribution in [1.82, 2.24) is 25.3 Å². The minimum absolute atomic E-state index is 0.00994. The highest BCUT2D eigenvalue weighted by Crippen LogP contribution is 2.28. The summed E-state index contributed by atoms with van der Waals surface area (Å²) in [5.74, 6) is -0.497. The third-order valence-electron chi connectivity index (χ3n) is 6.50. The van der Waals surface area contributed by atoms with Crippen LogP contribution in [0.15, 0.2) is 53.0 Å². The summed E-state index contributed by atoms with van der Waals surface area (Å²) >= 11 is 0.928. The second kappa shape index (κ2) is 14.7. The number of fused-ring (bicyclic) bond motifs is 1. The Balaban J connectivity index is 1.41. The summed E-state index contributed by atoms with van der Waals surface area (Å²) in [6.07, 6.45) is 0.469. The Hall–Kier alpha value is -4.19. The van der Waals surface area contributed by atoms with Crippen molar-refractivity contribution in [3.63, 3.8) is 0 Å². The second-order valence-corrected chi connectivity index (χ2v) is 13.1. The van der Waals surface area contributed by atoms with E-state index in [9.17, 15) is 27.5 Å². The van der Waals surface area contributed by atoms with Crippen LogP contribution in [-0.4, -0.2) is 77.9 Å². The van der Waals surface area contributed by atoms with Gasteiger partial charge in [0.2, 0.25) is 10.2 Å². The van der Waals surface area contributed by atoms with Crippen LogP contribution in [0.1, 0.15) is 31.1 Å². The summed E-state index contributed by atoms with van der Waals surface area (Å²) in [4.78, 5) is 30.1. The van der Waals surface area contributed by atoms with Gasteiger partial charge in [-0.1, -0.05) is 31.2 Å². The predicted octanol–water partition coefficient (Wildman–Crippen LogP) is 1.92. The number of hydrogen-bond acceptors (Lipinski definition) is 12. The number of amides is 1. The van der Waals surface area contributed by atoms with Gasteiger partial charge in [-0.05, 0) is 41.8 Å². The van der Waals surface area contributed by atoms with Crippen LogP contribution in [0.4, 0.5) is 4.39 Å². The summed E-state index contributed by atoms with van der Waals surface area (Å²) in [5.41, 5.74) is 1.59.